The fourth-order valence-electron chi connectivity index (χ4n) is 2.63. The molecule has 6 nitrogen and oxygen atoms in total. The number of nitrogens with one attached hydrogen (secondary N) is 2. The molecule has 0 aliphatic carbocycles. The maximum atomic E-state index is 12.1. The summed E-state index contributed by atoms with van der Waals surface area (Å²) in [7, 11) is -3.28. The van der Waals surface area contributed by atoms with E-state index in [0.29, 0.717) is 23.7 Å². The summed E-state index contributed by atoms with van der Waals surface area (Å²) in [6.45, 7) is 1.58. The van der Waals surface area contributed by atoms with Gasteiger partial charge >= 0.3 is 0 Å². The van der Waals surface area contributed by atoms with Crippen LogP contribution in [0.5, 0.6) is 11.5 Å². The molecule has 0 spiro atoms. The van der Waals surface area contributed by atoms with E-state index in [-0.39, 0.29) is 16.7 Å². The molecule has 0 saturated carbocycles. The van der Waals surface area contributed by atoms with Gasteiger partial charge in [-0.1, -0.05) is 6.07 Å². The van der Waals surface area contributed by atoms with E-state index in [1.165, 1.54) is 12.1 Å². The van der Waals surface area contributed by atoms with Crippen LogP contribution >= 0.6 is 0 Å². The molecule has 2 aromatic carbocycles. The summed E-state index contributed by atoms with van der Waals surface area (Å²) < 4.78 is 28.9. The van der Waals surface area contributed by atoms with E-state index < -0.39 is 9.84 Å². The van der Waals surface area contributed by atoms with Crippen LogP contribution in [-0.4, -0.2) is 33.7 Å². The van der Waals surface area contributed by atoms with Crippen LogP contribution in [-0.2, 0) is 14.6 Å². The van der Waals surface area contributed by atoms with Gasteiger partial charge in [0.2, 0.25) is 5.91 Å². The minimum Gasteiger partial charge on any atom is -0.457 e. The quantitative estimate of drug-likeness (QED) is 0.855. The number of hydrogen-bond donors (Lipinski definition) is 2. The Balaban J connectivity index is 1.65. The van der Waals surface area contributed by atoms with Gasteiger partial charge in [-0.15, -0.1) is 0 Å². The number of anilines is 1. The normalized spacial score (nSPS) is 17.2. The highest BCUT2D eigenvalue weighted by atomic mass is 32.2. The van der Waals surface area contributed by atoms with Crippen molar-refractivity contribution in [2.75, 3.05) is 24.7 Å². The van der Waals surface area contributed by atoms with Gasteiger partial charge in [0.1, 0.15) is 11.5 Å². The summed E-state index contributed by atoms with van der Waals surface area (Å²) in [6.07, 6.45) is 2.01. The van der Waals surface area contributed by atoms with Crippen LogP contribution in [0.15, 0.2) is 53.4 Å². The Morgan fingerprint density at radius 3 is 2.56 bits per heavy atom. The predicted molar refractivity (Wildman–Crippen MR) is 95.7 cm³/mol. The van der Waals surface area contributed by atoms with Gasteiger partial charge in [-0.25, -0.2) is 8.42 Å². The number of carbonyl (C=O) groups excluding carboxylic acids is 1. The molecule has 2 aromatic rings. The van der Waals surface area contributed by atoms with Crippen LogP contribution in [0.2, 0.25) is 0 Å². The van der Waals surface area contributed by atoms with Crippen molar-refractivity contribution in [2.24, 2.45) is 5.92 Å². The Labute approximate surface area is 147 Å². The lowest BCUT2D eigenvalue weighted by atomic mass is 10.1. The van der Waals surface area contributed by atoms with Gasteiger partial charge in [-0.3, -0.25) is 4.79 Å². The summed E-state index contributed by atoms with van der Waals surface area (Å²) >= 11 is 0. The molecule has 7 heteroatoms. The van der Waals surface area contributed by atoms with Crippen LogP contribution in [0.25, 0.3) is 0 Å². The first-order valence-electron chi connectivity index (χ1n) is 8.01. The van der Waals surface area contributed by atoms with Crippen LogP contribution in [0.1, 0.15) is 6.42 Å². The number of sulfone groups is 1. The molecule has 1 aliphatic heterocycles. The molecule has 0 radical (unpaired) electrons. The van der Waals surface area contributed by atoms with Gasteiger partial charge in [0.15, 0.2) is 9.84 Å². The predicted octanol–water partition coefficient (Wildman–Crippen LogP) is 2.43. The molecule has 25 heavy (non-hydrogen) atoms. The Kier molecular flexibility index (Phi) is 5.06. The van der Waals surface area contributed by atoms with Gasteiger partial charge in [0.25, 0.3) is 0 Å². The molecule has 1 saturated heterocycles. The maximum Gasteiger partial charge on any atom is 0.228 e. The topological polar surface area (TPSA) is 84.5 Å². The SMILES string of the molecule is CS(=O)(=O)c1cccc(Oc2ccc(NC(=O)C3CCNC3)cc2)c1. The Morgan fingerprint density at radius 2 is 1.92 bits per heavy atom. The van der Waals surface area contributed by atoms with E-state index in [2.05, 4.69) is 10.6 Å². The lowest BCUT2D eigenvalue weighted by molar-refractivity contribution is -0.119. The number of benzene rings is 2. The van der Waals surface area contributed by atoms with Crippen molar-refractivity contribution in [3.63, 3.8) is 0 Å². The third-order valence-electron chi connectivity index (χ3n) is 4.02. The number of rotatable bonds is 5. The van der Waals surface area contributed by atoms with Crippen molar-refractivity contribution in [1.29, 1.82) is 0 Å². The Hall–Kier alpha value is -2.38. The molecule has 3 rings (SSSR count). The molecule has 1 amide bonds. The molecule has 2 N–H and O–H groups in total. The summed E-state index contributed by atoms with van der Waals surface area (Å²) in [5.41, 5.74) is 0.703. The molecule has 1 fully saturated rings. The van der Waals surface area contributed by atoms with E-state index >= 15 is 0 Å². The third kappa shape index (κ3) is 4.58. The number of amides is 1. The second-order valence-electron chi connectivity index (χ2n) is 6.05. The van der Waals surface area contributed by atoms with E-state index in [9.17, 15) is 13.2 Å². The Morgan fingerprint density at radius 1 is 1.16 bits per heavy atom. The first kappa shape index (κ1) is 17.4. The number of hydrogen-bond acceptors (Lipinski definition) is 5. The fourth-order valence-corrected chi connectivity index (χ4v) is 3.29. The van der Waals surface area contributed by atoms with Crippen molar-refractivity contribution in [3.05, 3.63) is 48.5 Å². The monoisotopic (exact) mass is 360 g/mol. The van der Waals surface area contributed by atoms with Crippen molar-refractivity contribution in [3.8, 4) is 11.5 Å². The van der Waals surface area contributed by atoms with Crippen molar-refractivity contribution < 1.29 is 17.9 Å². The summed E-state index contributed by atoms with van der Waals surface area (Å²) in [5.74, 6) is 1.03. The summed E-state index contributed by atoms with van der Waals surface area (Å²) in [4.78, 5) is 12.3. The van der Waals surface area contributed by atoms with Gasteiger partial charge in [0, 0.05) is 18.5 Å². The van der Waals surface area contributed by atoms with Gasteiger partial charge in [0.05, 0.1) is 10.8 Å². The minimum absolute atomic E-state index is 0.00894. The lowest BCUT2D eigenvalue weighted by Crippen LogP contribution is -2.24. The molecular weight excluding hydrogens is 340 g/mol. The first-order valence-corrected chi connectivity index (χ1v) is 9.90. The molecule has 132 valence electrons. The van der Waals surface area contributed by atoms with Crippen molar-refractivity contribution >= 4 is 21.4 Å². The molecule has 1 heterocycles. The van der Waals surface area contributed by atoms with E-state index in [4.69, 9.17) is 4.74 Å². The molecule has 1 aliphatic rings. The second kappa shape index (κ2) is 7.25. The van der Waals surface area contributed by atoms with Crippen LogP contribution in [0, 0.1) is 5.92 Å². The molecule has 1 unspecified atom stereocenters. The van der Waals surface area contributed by atoms with Gasteiger partial charge < -0.3 is 15.4 Å². The van der Waals surface area contributed by atoms with Crippen molar-refractivity contribution in [1.82, 2.24) is 5.32 Å². The standard InChI is InChI=1S/C18H20N2O4S/c1-25(22,23)17-4-2-3-16(11-17)24-15-7-5-14(6-8-15)20-18(21)13-9-10-19-12-13/h2-8,11,13,19H,9-10,12H2,1H3,(H,20,21). The fraction of sp³-hybridized carbons (Fsp3) is 0.278. The molecule has 0 bridgehead atoms. The molecule has 1 atom stereocenters. The Bertz CT molecular complexity index is 857. The second-order valence-corrected chi connectivity index (χ2v) is 8.07. The van der Waals surface area contributed by atoms with Crippen LogP contribution in [0.3, 0.4) is 0 Å². The number of ether oxygens (including phenoxy) is 1. The van der Waals surface area contributed by atoms with Crippen LogP contribution in [0.4, 0.5) is 5.69 Å². The first-order chi connectivity index (χ1) is 11.9. The summed E-state index contributed by atoms with van der Waals surface area (Å²) in [5, 5.41) is 6.06. The highest BCUT2D eigenvalue weighted by Crippen LogP contribution is 2.25. The zero-order valence-electron chi connectivity index (χ0n) is 13.9. The summed E-state index contributed by atoms with van der Waals surface area (Å²) in [6, 6.07) is 13.3. The van der Waals surface area contributed by atoms with Gasteiger partial charge in [-0.2, -0.15) is 0 Å². The van der Waals surface area contributed by atoms with E-state index in [1.54, 1.807) is 36.4 Å². The molecule has 0 aromatic heterocycles. The maximum absolute atomic E-state index is 12.1. The van der Waals surface area contributed by atoms with E-state index in [0.717, 1.165) is 19.2 Å². The van der Waals surface area contributed by atoms with Crippen LogP contribution < -0.4 is 15.4 Å². The zero-order valence-corrected chi connectivity index (χ0v) is 14.7. The zero-order chi connectivity index (χ0) is 17.9. The van der Waals surface area contributed by atoms with Gasteiger partial charge in [-0.05, 0) is 55.4 Å². The van der Waals surface area contributed by atoms with Crippen molar-refractivity contribution in [2.45, 2.75) is 11.3 Å². The average Bonchev–Trinajstić information content (AvgIpc) is 3.11. The smallest absolute Gasteiger partial charge is 0.228 e. The highest BCUT2D eigenvalue weighted by Gasteiger charge is 2.22. The highest BCUT2D eigenvalue weighted by molar-refractivity contribution is 7.90. The third-order valence-corrected chi connectivity index (χ3v) is 5.13. The van der Waals surface area contributed by atoms with E-state index in [1.807, 2.05) is 0 Å². The lowest BCUT2D eigenvalue weighted by Gasteiger charge is -2.11. The average molecular weight is 360 g/mol. The molecular formula is C18H20N2O4S. The number of carbonyl (C=O) groups is 1. The largest absolute Gasteiger partial charge is 0.457 e. The minimum atomic E-state index is -3.28.